The molecule has 1 aliphatic heterocycles. The third kappa shape index (κ3) is 7.45. The maximum absolute atomic E-state index is 6.18. The summed E-state index contributed by atoms with van der Waals surface area (Å²) in [6.07, 6.45) is 12.1. The molecule has 0 fully saturated rings. The molecular weight excluding hydrogens is 645 g/mol. The highest BCUT2D eigenvalue weighted by molar-refractivity contribution is 8.00. The van der Waals surface area contributed by atoms with E-state index in [0.29, 0.717) is 41.6 Å². The van der Waals surface area contributed by atoms with Crippen molar-refractivity contribution in [3.63, 3.8) is 0 Å². The minimum atomic E-state index is 0.464. The van der Waals surface area contributed by atoms with Gasteiger partial charge in [0.1, 0.15) is 11.5 Å². The molecule has 1 aliphatic rings. The Morgan fingerprint density at radius 1 is 0.542 bits per heavy atom. The van der Waals surface area contributed by atoms with Gasteiger partial charge in [-0.25, -0.2) is 0 Å². The van der Waals surface area contributed by atoms with E-state index in [1.807, 2.05) is 72.8 Å². The van der Waals surface area contributed by atoms with Crippen LogP contribution in [0.1, 0.15) is 24.0 Å². The van der Waals surface area contributed by atoms with E-state index in [2.05, 4.69) is 30.4 Å². The maximum atomic E-state index is 6.18. The Kier molecular flexibility index (Phi) is 10.1. The lowest BCUT2D eigenvalue weighted by atomic mass is 10.2. The molecule has 7 rings (SSSR count). The molecule has 0 spiro atoms. The summed E-state index contributed by atoms with van der Waals surface area (Å²) >= 11 is 3.18. The van der Waals surface area contributed by atoms with Crippen molar-refractivity contribution >= 4 is 36.0 Å². The number of fused-ring (bicyclic) bond motifs is 4. The molecule has 12 nitrogen and oxygen atoms in total. The average molecular weight is 675 g/mol. The third-order valence-electron chi connectivity index (χ3n) is 7.08. The summed E-state index contributed by atoms with van der Waals surface area (Å²) in [4.78, 5) is 8.53. The Bertz CT molecular complexity index is 1870. The van der Waals surface area contributed by atoms with Crippen molar-refractivity contribution in [2.45, 2.75) is 23.2 Å². The van der Waals surface area contributed by atoms with E-state index in [4.69, 9.17) is 19.7 Å². The first kappa shape index (κ1) is 31.3. The van der Waals surface area contributed by atoms with E-state index < -0.39 is 0 Å². The quantitative estimate of drug-likeness (QED) is 0.209. The van der Waals surface area contributed by atoms with Gasteiger partial charge >= 0.3 is 0 Å². The largest absolute Gasteiger partial charge is 0.493 e. The summed E-state index contributed by atoms with van der Waals surface area (Å²) < 4.78 is 15.9. The predicted octanol–water partition coefficient (Wildman–Crippen LogP) is 6.19. The molecule has 2 aromatic carbocycles. The third-order valence-corrected chi connectivity index (χ3v) is 9.09. The van der Waals surface area contributed by atoms with Crippen LogP contribution in [0, 0.1) is 0 Å². The number of nitrogens with zero attached hydrogens (tertiary/aromatic N) is 10. The second-order valence-electron chi connectivity index (χ2n) is 10.4. The van der Waals surface area contributed by atoms with Crippen LogP contribution >= 0.6 is 23.5 Å². The normalized spacial score (nSPS) is 15.5. The number of ether oxygens (including phenoxy) is 2. The maximum Gasteiger partial charge on any atom is 0.212 e. The van der Waals surface area contributed by atoms with Crippen molar-refractivity contribution in [1.29, 1.82) is 0 Å². The molecule has 48 heavy (non-hydrogen) atoms. The molecule has 0 amide bonds. The number of rotatable bonds is 2. The molecule has 240 valence electrons. The van der Waals surface area contributed by atoms with Crippen LogP contribution in [0.3, 0.4) is 0 Å². The van der Waals surface area contributed by atoms with Crippen molar-refractivity contribution < 1.29 is 9.47 Å². The number of benzene rings is 2. The minimum absolute atomic E-state index is 0.464. The summed E-state index contributed by atoms with van der Waals surface area (Å²) in [5.74, 6) is 4.24. The lowest BCUT2D eigenvalue weighted by Gasteiger charge is -2.11. The fraction of sp³-hybridized carbons (Fsp3) is 0.176. The lowest BCUT2D eigenvalue weighted by Crippen LogP contribution is -2.07. The van der Waals surface area contributed by atoms with Gasteiger partial charge in [0, 0.05) is 65.0 Å². The van der Waals surface area contributed by atoms with Crippen LogP contribution in [0.15, 0.2) is 118 Å². The second kappa shape index (κ2) is 15.5. The standard InChI is InChI=1S/C34H30N10O2S2/c1-3-13-29-25(9-1)23-37-43-31(27-11-5-15-35-21-27)39-41-33(43)47-19-8-20-48-34-42-40-32(28-12-6-16-36-22-28)44(34)38-24-26-10-2-4-14-30(26)46-18-7-17-45-29/h1-6,9-16,21-24H,7-8,17-20H2/b37-23+,38-24+. The average Bonchev–Trinajstić information content (AvgIpc) is 3.74. The van der Waals surface area contributed by atoms with Gasteiger partial charge in [0.2, 0.25) is 10.3 Å². The lowest BCUT2D eigenvalue weighted by molar-refractivity contribution is 0.247. The molecule has 5 heterocycles. The van der Waals surface area contributed by atoms with Gasteiger partial charge in [-0.1, -0.05) is 47.8 Å². The van der Waals surface area contributed by atoms with Gasteiger partial charge < -0.3 is 9.47 Å². The molecule has 14 heteroatoms. The Balaban J connectivity index is 1.19. The number of pyridine rings is 2. The number of hydrogen-bond donors (Lipinski definition) is 0. The van der Waals surface area contributed by atoms with Gasteiger partial charge in [0.25, 0.3) is 0 Å². The Labute approximate surface area is 285 Å². The molecule has 6 aromatic rings. The highest BCUT2D eigenvalue weighted by atomic mass is 32.2. The molecule has 0 saturated heterocycles. The molecule has 0 bridgehead atoms. The zero-order valence-electron chi connectivity index (χ0n) is 25.7. The van der Waals surface area contributed by atoms with Crippen molar-refractivity contribution in [1.82, 2.24) is 39.7 Å². The highest BCUT2D eigenvalue weighted by Crippen LogP contribution is 2.28. The van der Waals surface area contributed by atoms with E-state index in [9.17, 15) is 0 Å². The zero-order valence-corrected chi connectivity index (χ0v) is 27.4. The molecule has 0 saturated carbocycles. The predicted molar refractivity (Wildman–Crippen MR) is 187 cm³/mol. The summed E-state index contributed by atoms with van der Waals surface area (Å²) in [6.45, 7) is 0.928. The topological polar surface area (TPSA) is 130 Å². The van der Waals surface area contributed by atoms with Crippen LogP contribution < -0.4 is 9.47 Å². The Hall–Kier alpha value is -5.34. The zero-order chi connectivity index (χ0) is 32.4. The number of aromatic nitrogens is 8. The SMILES string of the molecule is C1=N/n2c(nnc2-c2cccnc2)SCCCSc2nnc(-c3cccnc3)n2/N=C/c2ccccc2OCCCOc2ccccc2/1. The highest BCUT2D eigenvalue weighted by Gasteiger charge is 2.17. The summed E-state index contributed by atoms with van der Waals surface area (Å²) in [5.41, 5.74) is 3.33. The van der Waals surface area contributed by atoms with Gasteiger partial charge in [-0.05, 0) is 55.0 Å². The van der Waals surface area contributed by atoms with Crippen molar-refractivity contribution in [2.75, 3.05) is 24.7 Å². The number of para-hydroxylation sites is 2. The first-order valence-corrected chi connectivity index (χ1v) is 17.3. The Morgan fingerprint density at radius 2 is 1.04 bits per heavy atom. The van der Waals surface area contributed by atoms with Crippen LogP contribution in [-0.2, 0) is 0 Å². The second-order valence-corrected chi connectivity index (χ2v) is 12.5. The molecule has 0 N–H and O–H groups in total. The van der Waals surface area contributed by atoms with Gasteiger partial charge in [-0.2, -0.15) is 19.6 Å². The van der Waals surface area contributed by atoms with Gasteiger partial charge in [0.15, 0.2) is 11.6 Å². The molecule has 0 aliphatic carbocycles. The number of hydrogen-bond acceptors (Lipinski definition) is 12. The molecular formula is C34H30N10O2S2. The van der Waals surface area contributed by atoms with Gasteiger partial charge in [-0.15, -0.1) is 20.4 Å². The molecule has 0 radical (unpaired) electrons. The first-order valence-electron chi connectivity index (χ1n) is 15.3. The molecule has 0 atom stereocenters. The summed E-state index contributed by atoms with van der Waals surface area (Å²) in [6, 6.07) is 23.3. The fourth-order valence-electron chi connectivity index (χ4n) is 4.76. The van der Waals surface area contributed by atoms with Crippen molar-refractivity contribution in [2.24, 2.45) is 10.2 Å². The van der Waals surface area contributed by atoms with Crippen LogP contribution in [0.5, 0.6) is 11.5 Å². The van der Waals surface area contributed by atoms with E-state index in [1.54, 1.807) is 70.1 Å². The molecule has 4 aromatic heterocycles. The van der Waals surface area contributed by atoms with Crippen molar-refractivity contribution in [3.8, 4) is 34.3 Å². The summed E-state index contributed by atoms with van der Waals surface area (Å²) in [7, 11) is 0. The summed E-state index contributed by atoms with van der Waals surface area (Å²) in [5, 5.41) is 28.9. The van der Waals surface area contributed by atoms with E-state index >= 15 is 0 Å². The van der Waals surface area contributed by atoms with Gasteiger partial charge in [0.05, 0.1) is 25.6 Å². The monoisotopic (exact) mass is 674 g/mol. The fourth-order valence-corrected chi connectivity index (χ4v) is 6.59. The van der Waals surface area contributed by atoms with Crippen LogP contribution in [-0.4, -0.2) is 76.9 Å². The molecule has 0 unspecified atom stereocenters. The van der Waals surface area contributed by atoms with E-state index in [-0.39, 0.29) is 0 Å². The van der Waals surface area contributed by atoms with Crippen LogP contribution in [0.25, 0.3) is 22.8 Å². The van der Waals surface area contributed by atoms with Crippen LogP contribution in [0.2, 0.25) is 0 Å². The van der Waals surface area contributed by atoms with Crippen molar-refractivity contribution in [3.05, 3.63) is 109 Å². The smallest absolute Gasteiger partial charge is 0.212 e. The van der Waals surface area contributed by atoms with E-state index in [1.165, 1.54) is 0 Å². The van der Waals surface area contributed by atoms with Gasteiger partial charge in [-0.3, -0.25) is 9.97 Å². The Morgan fingerprint density at radius 3 is 1.52 bits per heavy atom. The first-order chi connectivity index (χ1) is 23.8. The minimum Gasteiger partial charge on any atom is -0.493 e. The van der Waals surface area contributed by atoms with Crippen LogP contribution in [0.4, 0.5) is 0 Å². The van der Waals surface area contributed by atoms with E-state index in [0.717, 1.165) is 51.7 Å². The number of thioether (sulfide) groups is 2.